The molecule has 1 aliphatic heterocycles. The summed E-state index contributed by atoms with van der Waals surface area (Å²) in [6.45, 7) is 7.65. The zero-order valence-corrected chi connectivity index (χ0v) is 12.3. The van der Waals surface area contributed by atoms with E-state index < -0.39 is 0 Å². The highest BCUT2D eigenvalue weighted by molar-refractivity contribution is 5.66. The standard InChI is InChI=1S/C13H23NO6/c1-10-13(20-10)19-9-6-14(4-7-17-11(2)15)5-8-18-12(3)16/h10,13H,4-9H2,1-3H3. The Hall–Kier alpha value is -1.18. The largest absolute Gasteiger partial charge is 0.465 e. The topological polar surface area (TPSA) is 77.6 Å². The maximum absolute atomic E-state index is 10.7. The summed E-state index contributed by atoms with van der Waals surface area (Å²) in [5.74, 6) is -0.609. The van der Waals surface area contributed by atoms with Crippen molar-refractivity contribution in [3.8, 4) is 0 Å². The number of hydrogen-bond donors (Lipinski definition) is 0. The quantitative estimate of drug-likeness (QED) is 0.419. The van der Waals surface area contributed by atoms with Crippen molar-refractivity contribution >= 4 is 11.9 Å². The monoisotopic (exact) mass is 289 g/mol. The minimum atomic E-state index is -0.304. The van der Waals surface area contributed by atoms with Crippen molar-refractivity contribution < 1.29 is 28.5 Å². The molecule has 2 unspecified atom stereocenters. The number of epoxide rings is 1. The average molecular weight is 289 g/mol. The lowest BCUT2D eigenvalue weighted by Gasteiger charge is -2.21. The predicted octanol–water partition coefficient (Wildman–Crippen LogP) is 0.176. The van der Waals surface area contributed by atoms with E-state index in [0.29, 0.717) is 39.5 Å². The van der Waals surface area contributed by atoms with Crippen LogP contribution in [0.5, 0.6) is 0 Å². The molecule has 7 heteroatoms. The van der Waals surface area contributed by atoms with Crippen LogP contribution in [0.1, 0.15) is 20.8 Å². The molecule has 1 heterocycles. The summed E-state index contributed by atoms with van der Waals surface area (Å²) in [6.07, 6.45) is 0.0735. The maximum Gasteiger partial charge on any atom is 0.302 e. The molecule has 0 radical (unpaired) electrons. The van der Waals surface area contributed by atoms with Crippen LogP contribution in [0.15, 0.2) is 0 Å². The molecule has 0 saturated carbocycles. The molecule has 2 atom stereocenters. The number of esters is 2. The Balaban J connectivity index is 2.17. The SMILES string of the molecule is CC(=O)OCCN(CCOC(C)=O)CCOC1OC1C. The Labute approximate surface area is 119 Å². The van der Waals surface area contributed by atoms with Crippen LogP contribution in [-0.4, -0.2) is 68.7 Å². The van der Waals surface area contributed by atoms with Crippen molar-refractivity contribution in [3.05, 3.63) is 0 Å². The van der Waals surface area contributed by atoms with Gasteiger partial charge in [-0.15, -0.1) is 0 Å². The fourth-order valence-electron chi connectivity index (χ4n) is 1.61. The first-order chi connectivity index (χ1) is 9.49. The van der Waals surface area contributed by atoms with Gasteiger partial charge in [0.1, 0.15) is 19.3 Å². The predicted molar refractivity (Wildman–Crippen MR) is 70.0 cm³/mol. The van der Waals surface area contributed by atoms with E-state index in [1.54, 1.807) is 0 Å². The molecular formula is C13H23NO6. The highest BCUT2D eigenvalue weighted by Crippen LogP contribution is 2.21. The van der Waals surface area contributed by atoms with Gasteiger partial charge in [0.25, 0.3) is 0 Å². The summed E-state index contributed by atoms with van der Waals surface area (Å²) < 4.78 is 20.4. The summed E-state index contributed by atoms with van der Waals surface area (Å²) in [5, 5.41) is 0. The van der Waals surface area contributed by atoms with Crippen molar-refractivity contribution in [1.29, 1.82) is 0 Å². The highest BCUT2D eigenvalue weighted by atomic mass is 16.8. The molecule has 0 N–H and O–H groups in total. The average Bonchev–Trinajstić information content (AvgIpc) is 3.03. The molecule has 7 nitrogen and oxygen atoms in total. The number of carbonyl (C=O) groups is 2. The van der Waals surface area contributed by atoms with E-state index in [9.17, 15) is 9.59 Å². The molecule has 116 valence electrons. The first-order valence-electron chi connectivity index (χ1n) is 6.75. The summed E-state index contributed by atoms with van der Waals surface area (Å²) in [4.78, 5) is 23.5. The number of ether oxygens (including phenoxy) is 4. The van der Waals surface area contributed by atoms with Gasteiger partial charge < -0.3 is 18.9 Å². The Morgan fingerprint density at radius 3 is 1.85 bits per heavy atom. The van der Waals surface area contributed by atoms with Crippen LogP contribution in [0.3, 0.4) is 0 Å². The third kappa shape index (κ3) is 8.08. The molecule has 1 rings (SSSR count). The van der Waals surface area contributed by atoms with Gasteiger partial charge in [0, 0.05) is 33.5 Å². The van der Waals surface area contributed by atoms with Gasteiger partial charge in [0.05, 0.1) is 6.61 Å². The first-order valence-corrected chi connectivity index (χ1v) is 6.75. The third-order valence-corrected chi connectivity index (χ3v) is 2.77. The van der Waals surface area contributed by atoms with Gasteiger partial charge in [-0.2, -0.15) is 0 Å². The van der Waals surface area contributed by atoms with Crippen LogP contribution in [0, 0.1) is 0 Å². The van der Waals surface area contributed by atoms with E-state index in [4.69, 9.17) is 18.9 Å². The zero-order chi connectivity index (χ0) is 15.0. The summed E-state index contributed by atoms with van der Waals surface area (Å²) in [5.41, 5.74) is 0. The van der Waals surface area contributed by atoms with E-state index in [0.717, 1.165) is 0 Å². The Morgan fingerprint density at radius 2 is 1.45 bits per heavy atom. The lowest BCUT2D eigenvalue weighted by molar-refractivity contribution is -0.141. The van der Waals surface area contributed by atoms with Crippen molar-refractivity contribution in [2.45, 2.75) is 33.2 Å². The molecule has 0 aliphatic carbocycles. The van der Waals surface area contributed by atoms with E-state index in [1.165, 1.54) is 13.8 Å². The van der Waals surface area contributed by atoms with E-state index >= 15 is 0 Å². The third-order valence-electron chi connectivity index (χ3n) is 2.77. The summed E-state index contributed by atoms with van der Waals surface area (Å²) >= 11 is 0. The molecule has 0 aromatic carbocycles. The number of carbonyl (C=O) groups excluding carboxylic acids is 2. The van der Waals surface area contributed by atoms with Gasteiger partial charge >= 0.3 is 11.9 Å². The van der Waals surface area contributed by atoms with Crippen LogP contribution in [-0.2, 0) is 28.5 Å². The maximum atomic E-state index is 10.7. The van der Waals surface area contributed by atoms with Crippen LogP contribution >= 0.6 is 0 Å². The van der Waals surface area contributed by atoms with Crippen LogP contribution < -0.4 is 0 Å². The molecule has 0 bridgehead atoms. The minimum absolute atomic E-state index is 0.0983. The van der Waals surface area contributed by atoms with Gasteiger partial charge in [-0.3, -0.25) is 14.5 Å². The fourth-order valence-corrected chi connectivity index (χ4v) is 1.61. The molecule has 1 fully saturated rings. The van der Waals surface area contributed by atoms with Crippen molar-refractivity contribution in [2.24, 2.45) is 0 Å². The Kier molecular flexibility index (Phi) is 7.50. The smallest absolute Gasteiger partial charge is 0.302 e. The van der Waals surface area contributed by atoms with Gasteiger partial charge in [0.2, 0.25) is 0 Å². The van der Waals surface area contributed by atoms with Gasteiger partial charge in [-0.1, -0.05) is 0 Å². The fraction of sp³-hybridized carbons (Fsp3) is 0.846. The van der Waals surface area contributed by atoms with Crippen LogP contribution in [0.2, 0.25) is 0 Å². The summed E-state index contributed by atoms with van der Waals surface area (Å²) in [7, 11) is 0. The molecule has 1 aliphatic rings. The van der Waals surface area contributed by atoms with Crippen LogP contribution in [0.25, 0.3) is 0 Å². The Morgan fingerprint density at radius 1 is 1.00 bits per heavy atom. The molecule has 20 heavy (non-hydrogen) atoms. The molecular weight excluding hydrogens is 266 g/mol. The second kappa shape index (κ2) is 8.89. The van der Waals surface area contributed by atoms with E-state index in [-0.39, 0.29) is 24.3 Å². The van der Waals surface area contributed by atoms with Gasteiger partial charge in [0.15, 0.2) is 6.29 Å². The van der Waals surface area contributed by atoms with Crippen LogP contribution in [0.4, 0.5) is 0 Å². The molecule has 1 saturated heterocycles. The summed E-state index contributed by atoms with van der Waals surface area (Å²) in [6, 6.07) is 0. The Bertz CT molecular complexity index is 302. The number of nitrogens with zero attached hydrogens (tertiary/aromatic N) is 1. The van der Waals surface area contributed by atoms with Crippen molar-refractivity contribution in [2.75, 3.05) is 39.5 Å². The second-order valence-corrected chi connectivity index (χ2v) is 4.60. The second-order valence-electron chi connectivity index (χ2n) is 4.60. The minimum Gasteiger partial charge on any atom is -0.465 e. The normalized spacial score (nSPS) is 20.8. The molecule has 0 amide bonds. The van der Waals surface area contributed by atoms with Gasteiger partial charge in [-0.05, 0) is 6.92 Å². The highest BCUT2D eigenvalue weighted by Gasteiger charge is 2.35. The first kappa shape index (κ1) is 16.9. The lowest BCUT2D eigenvalue weighted by Crippen LogP contribution is -2.34. The zero-order valence-electron chi connectivity index (χ0n) is 12.3. The van der Waals surface area contributed by atoms with E-state index in [1.807, 2.05) is 11.8 Å². The molecule has 0 aromatic rings. The number of rotatable bonds is 10. The van der Waals surface area contributed by atoms with Crippen molar-refractivity contribution in [3.63, 3.8) is 0 Å². The number of hydrogen-bond acceptors (Lipinski definition) is 7. The van der Waals surface area contributed by atoms with Gasteiger partial charge in [-0.25, -0.2) is 0 Å². The van der Waals surface area contributed by atoms with Crippen molar-refractivity contribution in [1.82, 2.24) is 4.90 Å². The molecule has 0 aromatic heterocycles. The van der Waals surface area contributed by atoms with E-state index in [2.05, 4.69) is 0 Å². The molecule has 0 spiro atoms. The lowest BCUT2D eigenvalue weighted by atomic mass is 10.4.